The molecule has 0 aromatic carbocycles. The molecule has 1 N–H and O–H groups in total. The molecule has 0 aliphatic carbocycles. The third-order valence-corrected chi connectivity index (χ3v) is 3.49. The van der Waals surface area contributed by atoms with Gasteiger partial charge in [0.25, 0.3) is 0 Å². The molecule has 0 radical (unpaired) electrons. The van der Waals surface area contributed by atoms with Gasteiger partial charge in [-0.2, -0.15) is 0 Å². The number of nitrogens with zero attached hydrogens (tertiary/aromatic N) is 2. The van der Waals surface area contributed by atoms with E-state index < -0.39 is 0 Å². The van der Waals surface area contributed by atoms with Crippen LogP contribution in [0.1, 0.15) is 33.6 Å². The largest absolute Gasteiger partial charge is 0.339 e. The van der Waals surface area contributed by atoms with Crippen molar-refractivity contribution in [3.63, 3.8) is 0 Å². The first-order valence-electron chi connectivity index (χ1n) is 7.24. The van der Waals surface area contributed by atoms with Crippen molar-refractivity contribution in [1.82, 2.24) is 15.1 Å². The summed E-state index contributed by atoms with van der Waals surface area (Å²) in [6.07, 6.45) is 1.70. The number of carbonyl (C=O) groups is 2. The highest BCUT2D eigenvalue weighted by molar-refractivity contribution is 5.77. The lowest BCUT2D eigenvalue weighted by molar-refractivity contribution is -0.138. The minimum absolute atomic E-state index is 0.0995. The minimum Gasteiger partial charge on any atom is -0.339 e. The zero-order chi connectivity index (χ0) is 14.3. The standard InChI is InChI=1S/C14H27N3O2/c1-12(2)4-6-15-7-5-14(19)17-10-8-16(9-11-17)13(3)18/h12,15H,4-11H2,1-3H3. The van der Waals surface area contributed by atoms with Crippen LogP contribution in [0.5, 0.6) is 0 Å². The molecule has 1 aliphatic heterocycles. The van der Waals surface area contributed by atoms with E-state index in [0.717, 1.165) is 19.5 Å². The maximum Gasteiger partial charge on any atom is 0.223 e. The molecule has 19 heavy (non-hydrogen) atoms. The van der Waals surface area contributed by atoms with Gasteiger partial charge >= 0.3 is 0 Å². The van der Waals surface area contributed by atoms with Crippen LogP contribution in [0.15, 0.2) is 0 Å². The van der Waals surface area contributed by atoms with Crippen molar-refractivity contribution in [2.75, 3.05) is 39.3 Å². The lowest BCUT2D eigenvalue weighted by Gasteiger charge is -2.34. The molecule has 1 saturated heterocycles. The molecule has 1 heterocycles. The van der Waals surface area contributed by atoms with Gasteiger partial charge in [0.1, 0.15) is 0 Å². The summed E-state index contributed by atoms with van der Waals surface area (Å²) in [7, 11) is 0. The van der Waals surface area contributed by atoms with Crippen LogP contribution in [0, 0.1) is 5.92 Å². The second kappa shape index (κ2) is 8.15. The molecule has 0 aromatic heterocycles. The number of hydrogen-bond donors (Lipinski definition) is 1. The summed E-state index contributed by atoms with van der Waals surface area (Å²) >= 11 is 0. The van der Waals surface area contributed by atoms with Gasteiger partial charge in [-0.3, -0.25) is 9.59 Å². The van der Waals surface area contributed by atoms with Crippen LogP contribution in [0.25, 0.3) is 0 Å². The summed E-state index contributed by atoms with van der Waals surface area (Å²) in [6, 6.07) is 0. The van der Waals surface area contributed by atoms with E-state index in [1.54, 1.807) is 11.8 Å². The monoisotopic (exact) mass is 269 g/mol. The average molecular weight is 269 g/mol. The van der Waals surface area contributed by atoms with Crippen LogP contribution in [-0.2, 0) is 9.59 Å². The molecular formula is C14H27N3O2. The molecule has 5 heteroatoms. The Balaban J connectivity index is 2.12. The lowest BCUT2D eigenvalue weighted by Crippen LogP contribution is -2.50. The second-order valence-corrected chi connectivity index (χ2v) is 5.57. The van der Waals surface area contributed by atoms with E-state index in [4.69, 9.17) is 0 Å². The number of rotatable bonds is 6. The summed E-state index contributed by atoms with van der Waals surface area (Å²) in [5, 5.41) is 3.30. The first-order valence-corrected chi connectivity index (χ1v) is 7.24. The Kier molecular flexibility index (Phi) is 6.84. The Morgan fingerprint density at radius 2 is 1.63 bits per heavy atom. The quantitative estimate of drug-likeness (QED) is 0.722. The van der Waals surface area contributed by atoms with Gasteiger partial charge in [-0.15, -0.1) is 0 Å². The summed E-state index contributed by atoms with van der Waals surface area (Å²) in [4.78, 5) is 26.8. The van der Waals surface area contributed by atoms with Crippen LogP contribution in [-0.4, -0.2) is 60.9 Å². The Morgan fingerprint density at radius 3 is 2.16 bits per heavy atom. The molecule has 110 valence electrons. The maximum absolute atomic E-state index is 12.0. The highest BCUT2D eigenvalue weighted by Gasteiger charge is 2.21. The predicted octanol–water partition coefficient (Wildman–Crippen LogP) is 0.703. The van der Waals surface area contributed by atoms with Crippen molar-refractivity contribution >= 4 is 11.8 Å². The van der Waals surface area contributed by atoms with Gasteiger partial charge < -0.3 is 15.1 Å². The smallest absolute Gasteiger partial charge is 0.223 e. The number of hydrogen-bond acceptors (Lipinski definition) is 3. The normalized spacial score (nSPS) is 16.0. The fraction of sp³-hybridized carbons (Fsp3) is 0.857. The van der Waals surface area contributed by atoms with Gasteiger partial charge in [0.05, 0.1) is 0 Å². The van der Waals surface area contributed by atoms with Gasteiger partial charge in [0, 0.05) is 46.1 Å². The summed E-state index contributed by atoms with van der Waals surface area (Å²) in [5.41, 5.74) is 0. The Labute approximate surface area is 116 Å². The van der Waals surface area contributed by atoms with Crippen molar-refractivity contribution in [1.29, 1.82) is 0 Å². The Morgan fingerprint density at radius 1 is 1.05 bits per heavy atom. The van der Waals surface area contributed by atoms with Crippen LogP contribution in [0.2, 0.25) is 0 Å². The Hall–Kier alpha value is -1.10. The van der Waals surface area contributed by atoms with E-state index in [9.17, 15) is 9.59 Å². The van der Waals surface area contributed by atoms with Crippen LogP contribution >= 0.6 is 0 Å². The van der Waals surface area contributed by atoms with Gasteiger partial charge in [-0.05, 0) is 18.9 Å². The minimum atomic E-state index is 0.0995. The van der Waals surface area contributed by atoms with Crippen LogP contribution < -0.4 is 5.32 Å². The van der Waals surface area contributed by atoms with Crippen molar-refractivity contribution in [2.45, 2.75) is 33.6 Å². The first kappa shape index (κ1) is 16.0. The molecule has 2 amide bonds. The fourth-order valence-corrected chi connectivity index (χ4v) is 2.14. The molecule has 0 aromatic rings. The van der Waals surface area contributed by atoms with Crippen molar-refractivity contribution in [2.24, 2.45) is 5.92 Å². The average Bonchev–Trinajstić information content (AvgIpc) is 2.37. The SMILES string of the molecule is CC(=O)N1CCN(C(=O)CCNCCC(C)C)CC1. The van der Waals surface area contributed by atoms with Gasteiger partial charge in [0.2, 0.25) is 11.8 Å². The predicted molar refractivity (Wildman–Crippen MR) is 75.8 cm³/mol. The van der Waals surface area contributed by atoms with E-state index in [2.05, 4.69) is 19.2 Å². The molecule has 0 unspecified atom stereocenters. The van der Waals surface area contributed by atoms with E-state index in [1.807, 2.05) is 4.90 Å². The highest BCUT2D eigenvalue weighted by atomic mass is 16.2. The van der Waals surface area contributed by atoms with E-state index in [0.29, 0.717) is 38.5 Å². The highest BCUT2D eigenvalue weighted by Crippen LogP contribution is 2.04. The third-order valence-electron chi connectivity index (χ3n) is 3.49. The zero-order valence-electron chi connectivity index (χ0n) is 12.4. The van der Waals surface area contributed by atoms with Crippen molar-refractivity contribution in [3.8, 4) is 0 Å². The van der Waals surface area contributed by atoms with E-state index in [-0.39, 0.29) is 11.8 Å². The van der Waals surface area contributed by atoms with Gasteiger partial charge in [-0.25, -0.2) is 0 Å². The molecule has 0 saturated carbocycles. The molecule has 1 fully saturated rings. The summed E-state index contributed by atoms with van der Waals surface area (Å²) < 4.78 is 0. The summed E-state index contributed by atoms with van der Waals surface area (Å²) in [6.45, 7) is 10.4. The van der Waals surface area contributed by atoms with Crippen LogP contribution in [0.4, 0.5) is 0 Å². The number of piperazine rings is 1. The number of amides is 2. The molecule has 0 spiro atoms. The van der Waals surface area contributed by atoms with E-state index >= 15 is 0 Å². The van der Waals surface area contributed by atoms with Crippen LogP contribution in [0.3, 0.4) is 0 Å². The number of nitrogens with one attached hydrogen (secondary N) is 1. The van der Waals surface area contributed by atoms with E-state index in [1.165, 1.54) is 0 Å². The molecule has 0 atom stereocenters. The van der Waals surface area contributed by atoms with Gasteiger partial charge in [0.15, 0.2) is 0 Å². The topological polar surface area (TPSA) is 52.7 Å². The lowest BCUT2D eigenvalue weighted by atomic mass is 10.1. The molecular weight excluding hydrogens is 242 g/mol. The zero-order valence-corrected chi connectivity index (χ0v) is 12.4. The number of carbonyl (C=O) groups excluding carboxylic acids is 2. The van der Waals surface area contributed by atoms with Crippen molar-refractivity contribution < 1.29 is 9.59 Å². The van der Waals surface area contributed by atoms with Crippen molar-refractivity contribution in [3.05, 3.63) is 0 Å². The second-order valence-electron chi connectivity index (χ2n) is 5.57. The maximum atomic E-state index is 12.0. The third kappa shape index (κ3) is 6.05. The fourth-order valence-electron chi connectivity index (χ4n) is 2.14. The molecule has 1 aliphatic rings. The first-order chi connectivity index (χ1) is 9.00. The Bertz CT molecular complexity index is 297. The molecule has 5 nitrogen and oxygen atoms in total. The molecule has 0 bridgehead atoms. The summed E-state index contributed by atoms with van der Waals surface area (Å²) in [5.74, 6) is 0.991. The molecule has 1 rings (SSSR count). The van der Waals surface area contributed by atoms with Gasteiger partial charge in [-0.1, -0.05) is 13.8 Å².